The molecule has 2 rings (SSSR count). The van der Waals surface area contributed by atoms with Crippen LogP contribution >= 0.6 is 0 Å². The molecule has 1 aliphatic heterocycles. The van der Waals surface area contributed by atoms with E-state index in [0.29, 0.717) is 6.54 Å². The van der Waals surface area contributed by atoms with Gasteiger partial charge in [-0.15, -0.1) is 0 Å². The Kier molecular flexibility index (Phi) is 2.89. The number of hydrogen-bond acceptors (Lipinski definition) is 3. The van der Waals surface area contributed by atoms with E-state index < -0.39 is 0 Å². The minimum Gasteiger partial charge on any atom is -0.469 e. The lowest BCUT2D eigenvalue weighted by molar-refractivity contribution is 0.0395. The van der Waals surface area contributed by atoms with Gasteiger partial charge in [-0.2, -0.15) is 0 Å². The van der Waals surface area contributed by atoms with Gasteiger partial charge < -0.3 is 14.9 Å². The van der Waals surface area contributed by atoms with Crippen molar-refractivity contribution >= 4 is 0 Å². The molecule has 1 aliphatic rings. The molecule has 2 N–H and O–H groups in total. The van der Waals surface area contributed by atoms with Crippen molar-refractivity contribution in [1.82, 2.24) is 0 Å². The van der Waals surface area contributed by atoms with Gasteiger partial charge >= 0.3 is 0 Å². The van der Waals surface area contributed by atoms with E-state index in [9.17, 15) is 0 Å². The van der Waals surface area contributed by atoms with Crippen LogP contribution in [-0.2, 0) is 10.2 Å². The first-order valence-corrected chi connectivity index (χ1v) is 5.19. The Balaban J connectivity index is 2.20. The molecular formula is C11H17NO2. The van der Waals surface area contributed by atoms with Gasteiger partial charge in [-0.1, -0.05) is 0 Å². The molecule has 0 unspecified atom stereocenters. The van der Waals surface area contributed by atoms with Crippen molar-refractivity contribution in [2.24, 2.45) is 5.73 Å². The number of furan rings is 1. The van der Waals surface area contributed by atoms with Crippen molar-refractivity contribution in [2.45, 2.75) is 24.7 Å². The fourth-order valence-electron chi connectivity index (χ4n) is 2.24. The topological polar surface area (TPSA) is 48.4 Å². The second kappa shape index (κ2) is 4.15. The minimum atomic E-state index is 0.135. The van der Waals surface area contributed by atoms with Gasteiger partial charge in [-0.3, -0.25) is 0 Å². The molecule has 0 saturated carbocycles. The summed E-state index contributed by atoms with van der Waals surface area (Å²) in [5.41, 5.74) is 5.80. The first-order chi connectivity index (χ1) is 6.87. The van der Waals surface area contributed by atoms with Gasteiger partial charge in [-0.25, -0.2) is 0 Å². The number of nitrogens with two attached hydrogens (primary N) is 1. The lowest BCUT2D eigenvalue weighted by atomic mass is 9.75. The first-order valence-electron chi connectivity index (χ1n) is 5.19. The molecule has 0 bridgehead atoms. The summed E-state index contributed by atoms with van der Waals surface area (Å²) in [4.78, 5) is 0. The van der Waals surface area contributed by atoms with E-state index in [1.165, 1.54) is 0 Å². The summed E-state index contributed by atoms with van der Waals surface area (Å²) in [5.74, 6) is 1.08. The van der Waals surface area contributed by atoms with Gasteiger partial charge in [0.25, 0.3) is 0 Å². The highest BCUT2D eigenvalue weighted by atomic mass is 16.5. The van der Waals surface area contributed by atoms with Crippen LogP contribution in [0.4, 0.5) is 0 Å². The quantitative estimate of drug-likeness (QED) is 0.798. The van der Waals surface area contributed by atoms with E-state index in [0.717, 1.165) is 38.2 Å². The van der Waals surface area contributed by atoms with Gasteiger partial charge in [-0.05, 0) is 37.9 Å². The smallest absolute Gasteiger partial charge is 0.110 e. The molecule has 1 aromatic rings. The number of ether oxygens (including phenoxy) is 1. The Morgan fingerprint density at radius 2 is 2.14 bits per heavy atom. The van der Waals surface area contributed by atoms with Crippen LogP contribution in [0.15, 0.2) is 22.8 Å². The van der Waals surface area contributed by atoms with Crippen LogP contribution in [0.5, 0.6) is 0 Å². The Morgan fingerprint density at radius 3 is 2.71 bits per heavy atom. The highest BCUT2D eigenvalue weighted by Crippen LogP contribution is 2.37. The van der Waals surface area contributed by atoms with Crippen LogP contribution < -0.4 is 5.73 Å². The summed E-state index contributed by atoms with van der Waals surface area (Å²) in [6, 6.07) is 4.00. The second-order valence-corrected chi connectivity index (χ2v) is 3.91. The molecule has 0 atom stereocenters. The fourth-order valence-corrected chi connectivity index (χ4v) is 2.24. The van der Waals surface area contributed by atoms with E-state index in [-0.39, 0.29) is 5.41 Å². The average Bonchev–Trinajstić information content (AvgIpc) is 2.73. The molecule has 1 aromatic heterocycles. The molecule has 3 heteroatoms. The van der Waals surface area contributed by atoms with Gasteiger partial charge in [0.1, 0.15) is 5.76 Å². The monoisotopic (exact) mass is 195 g/mol. The lowest BCUT2D eigenvalue weighted by Crippen LogP contribution is -2.35. The highest BCUT2D eigenvalue weighted by molar-refractivity contribution is 5.15. The maximum Gasteiger partial charge on any atom is 0.110 e. The molecule has 1 fully saturated rings. The molecule has 0 amide bonds. The predicted molar refractivity (Wildman–Crippen MR) is 54.1 cm³/mol. The Morgan fingerprint density at radius 1 is 1.36 bits per heavy atom. The molecule has 1 saturated heterocycles. The van der Waals surface area contributed by atoms with Gasteiger partial charge in [0, 0.05) is 18.6 Å². The molecule has 0 radical (unpaired) electrons. The molecule has 14 heavy (non-hydrogen) atoms. The molecule has 0 aromatic carbocycles. The van der Waals surface area contributed by atoms with Crippen LogP contribution in [0.1, 0.15) is 25.0 Å². The van der Waals surface area contributed by atoms with E-state index >= 15 is 0 Å². The fraction of sp³-hybridized carbons (Fsp3) is 0.636. The summed E-state index contributed by atoms with van der Waals surface area (Å²) < 4.78 is 10.9. The van der Waals surface area contributed by atoms with Gasteiger partial charge in [0.15, 0.2) is 0 Å². The van der Waals surface area contributed by atoms with Crippen LogP contribution in [0, 0.1) is 0 Å². The van der Waals surface area contributed by atoms with Crippen LogP contribution in [-0.4, -0.2) is 19.8 Å². The molecule has 3 nitrogen and oxygen atoms in total. The summed E-state index contributed by atoms with van der Waals surface area (Å²) in [6.45, 7) is 2.35. The van der Waals surface area contributed by atoms with E-state index in [1.54, 1.807) is 6.26 Å². The van der Waals surface area contributed by atoms with E-state index in [4.69, 9.17) is 14.9 Å². The molecule has 2 heterocycles. The van der Waals surface area contributed by atoms with Crippen molar-refractivity contribution in [3.8, 4) is 0 Å². The van der Waals surface area contributed by atoms with Gasteiger partial charge in [0.2, 0.25) is 0 Å². The van der Waals surface area contributed by atoms with Crippen LogP contribution in [0.3, 0.4) is 0 Å². The zero-order valence-corrected chi connectivity index (χ0v) is 8.37. The Labute approximate surface area is 84.2 Å². The van der Waals surface area contributed by atoms with Crippen molar-refractivity contribution in [2.75, 3.05) is 19.8 Å². The predicted octanol–water partition coefficient (Wildman–Crippen LogP) is 1.68. The van der Waals surface area contributed by atoms with Crippen molar-refractivity contribution < 1.29 is 9.15 Å². The summed E-state index contributed by atoms with van der Waals surface area (Å²) in [7, 11) is 0. The lowest BCUT2D eigenvalue weighted by Gasteiger charge is -2.35. The minimum absolute atomic E-state index is 0.135. The normalized spacial score (nSPS) is 20.9. The van der Waals surface area contributed by atoms with E-state index in [1.807, 2.05) is 6.07 Å². The SMILES string of the molecule is NCCC1(c2ccco2)CCOCC1. The highest BCUT2D eigenvalue weighted by Gasteiger charge is 2.35. The largest absolute Gasteiger partial charge is 0.469 e. The van der Waals surface area contributed by atoms with E-state index in [2.05, 4.69) is 6.07 Å². The van der Waals surface area contributed by atoms with Gasteiger partial charge in [0.05, 0.1) is 6.26 Å². The third-order valence-electron chi connectivity index (χ3n) is 3.12. The second-order valence-electron chi connectivity index (χ2n) is 3.91. The zero-order valence-electron chi connectivity index (χ0n) is 8.37. The third-order valence-corrected chi connectivity index (χ3v) is 3.12. The van der Waals surface area contributed by atoms with Crippen molar-refractivity contribution in [3.05, 3.63) is 24.2 Å². The summed E-state index contributed by atoms with van der Waals surface area (Å²) in [6.07, 6.45) is 4.78. The standard InChI is InChI=1S/C11H17NO2/c12-6-3-11(4-8-13-9-5-11)10-2-1-7-14-10/h1-2,7H,3-6,8-9,12H2. The van der Waals surface area contributed by atoms with Crippen LogP contribution in [0.2, 0.25) is 0 Å². The average molecular weight is 195 g/mol. The molecule has 78 valence electrons. The van der Waals surface area contributed by atoms with Crippen molar-refractivity contribution in [3.63, 3.8) is 0 Å². The Bertz CT molecular complexity index is 257. The molecule has 0 spiro atoms. The Hall–Kier alpha value is -0.800. The molecular weight excluding hydrogens is 178 g/mol. The van der Waals surface area contributed by atoms with Crippen molar-refractivity contribution in [1.29, 1.82) is 0 Å². The van der Waals surface area contributed by atoms with Crippen LogP contribution in [0.25, 0.3) is 0 Å². The zero-order chi connectivity index (χ0) is 9.86. The molecule has 0 aliphatic carbocycles. The number of hydrogen-bond donors (Lipinski definition) is 1. The number of rotatable bonds is 3. The third kappa shape index (κ3) is 1.70. The first kappa shape index (κ1) is 9.74. The summed E-state index contributed by atoms with van der Waals surface area (Å²) >= 11 is 0. The summed E-state index contributed by atoms with van der Waals surface area (Å²) in [5, 5.41) is 0. The maximum atomic E-state index is 5.67. The maximum absolute atomic E-state index is 5.67.